The molecule has 0 radical (unpaired) electrons. The first kappa shape index (κ1) is 15.9. The van der Waals surface area contributed by atoms with Crippen LogP contribution in [0.2, 0.25) is 0 Å². The first-order valence-electron chi connectivity index (χ1n) is 7.45. The van der Waals surface area contributed by atoms with E-state index in [2.05, 4.69) is 34.7 Å². The number of halogens is 2. The quantitative estimate of drug-likeness (QED) is 0.895. The highest BCUT2D eigenvalue weighted by atomic mass is 79.9. The van der Waals surface area contributed by atoms with Crippen LogP contribution >= 0.6 is 15.9 Å². The first-order chi connectivity index (χ1) is 9.54. The van der Waals surface area contributed by atoms with E-state index in [0.29, 0.717) is 23.0 Å². The third-order valence-electron chi connectivity index (χ3n) is 4.30. The molecule has 2 nitrogen and oxygen atoms in total. The number of likely N-dealkylation sites (tertiary alicyclic amines) is 1. The maximum absolute atomic E-state index is 13.9. The van der Waals surface area contributed by atoms with Gasteiger partial charge in [-0.1, -0.05) is 12.5 Å². The lowest BCUT2D eigenvalue weighted by Crippen LogP contribution is -2.39. The molecule has 1 aromatic carbocycles. The molecule has 0 spiro atoms. The van der Waals surface area contributed by atoms with Crippen molar-refractivity contribution in [3.8, 4) is 0 Å². The number of hydrogen-bond donors (Lipinski definition) is 1. The highest BCUT2D eigenvalue weighted by Crippen LogP contribution is 2.36. The highest BCUT2D eigenvalue weighted by Gasteiger charge is 2.31. The molecule has 2 unspecified atom stereocenters. The van der Waals surface area contributed by atoms with E-state index in [1.54, 1.807) is 6.07 Å². The highest BCUT2D eigenvalue weighted by molar-refractivity contribution is 9.10. The van der Waals surface area contributed by atoms with E-state index in [1.165, 1.54) is 12.8 Å². The maximum Gasteiger partial charge on any atom is 0.137 e. The van der Waals surface area contributed by atoms with Crippen molar-refractivity contribution in [1.29, 1.82) is 0 Å². The number of hydrogen-bond acceptors (Lipinski definition) is 2. The molecule has 4 heteroatoms. The molecular weight excluding hydrogens is 319 g/mol. The summed E-state index contributed by atoms with van der Waals surface area (Å²) >= 11 is 3.23. The second-order valence-electron chi connectivity index (χ2n) is 5.94. The van der Waals surface area contributed by atoms with E-state index in [0.717, 1.165) is 18.5 Å². The van der Waals surface area contributed by atoms with Crippen LogP contribution in [0.15, 0.2) is 22.7 Å². The molecule has 0 saturated carbocycles. The second-order valence-corrected chi connectivity index (χ2v) is 6.80. The summed E-state index contributed by atoms with van der Waals surface area (Å²) in [5.74, 6) is 0.215. The zero-order chi connectivity index (χ0) is 14.7. The predicted molar refractivity (Wildman–Crippen MR) is 85.1 cm³/mol. The van der Waals surface area contributed by atoms with Crippen molar-refractivity contribution >= 4 is 15.9 Å². The van der Waals surface area contributed by atoms with Gasteiger partial charge < -0.3 is 5.73 Å². The van der Waals surface area contributed by atoms with Gasteiger partial charge in [0.1, 0.15) is 5.82 Å². The average molecular weight is 343 g/mol. The Bertz CT molecular complexity index is 450. The van der Waals surface area contributed by atoms with E-state index in [-0.39, 0.29) is 11.9 Å². The van der Waals surface area contributed by atoms with Crippen LogP contribution in [0.4, 0.5) is 4.39 Å². The third-order valence-corrected chi connectivity index (χ3v) is 4.94. The summed E-state index contributed by atoms with van der Waals surface area (Å²) < 4.78 is 14.4. The fraction of sp³-hybridized carbons (Fsp3) is 0.625. The van der Waals surface area contributed by atoms with Gasteiger partial charge in [-0.25, -0.2) is 4.39 Å². The number of rotatable bonds is 3. The van der Waals surface area contributed by atoms with Gasteiger partial charge in [0.2, 0.25) is 0 Å². The molecule has 1 fully saturated rings. The number of nitrogens with zero attached hydrogens (tertiary/aromatic N) is 1. The Morgan fingerprint density at radius 2 is 2.15 bits per heavy atom. The standard InChI is InChI=1S/C16H24BrFN2/c1-11(2)20-8-4-3-5-13(10-19)16(20)12-6-7-14(17)15(18)9-12/h6-7,9,11,13,16H,3-5,8,10,19H2,1-2H3. The Balaban J connectivity index is 2.40. The molecule has 0 aromatic heterocycles. The third kappa shape index (κ3) is 3.41. The molecule has 2 N–H and O–H groups in total. The fourth-order valence-corrected chi connectivity index (χ4v) is 3.50. The minimum absolute atomic E-state index is 0.189. The predicted octanol–water partition coefficient (Wildman–Crippen LogP) is 4.10. The Kier molecular flexibility index (Phi) is 5.58. The first-order valence-corrected chi connectivity index (χ1v) is 8.24. The minimum Gasteiger partial charge on any atom is -0.330 e. The molecule has 0 amide bonds. The van der Waals surface area contributed by atoms with Crippen molar-refractivity contribution < 1.29 is 4.39 Å². The molecular formula is C16H24BrFN2. The molecule has 1 aromatic rings. The molecule has 112 valence electrons. The van der Waals surface area contributed by atoms with Crippen LogP contribution in [-0.2, 0) is 0 Å². The smallest absolute Gasteiger partial charge is 0.137 e. The summed E-state index contributed by atoms with van der Waals surface area (Å²) in [4.78, 5) is 2.48. The molecule has 20 heavy (non-hydrogen) atoms. The Labute approximate surface area is 129 Å². The topological polar surface area (TPSA) is 29.3 Å². The monoisotopic (exact) mass is 342 g/mol. The van der Waals surface area contributed by atoms with Crippen LogP contribution in [0.3, 0.4) is 0 Å². The van der Waals surface area contributed by atoms with E-state index in [9.17, 15) is 4.39 Å². The van der Waals surface area contributed by atoms with Crippen LogP contribution < -0.4 is 5.73 Å². The van der Waals surface area contributed by atoms with Gasteiger partial charge in [-0.05, 0) is 79.3 Å². The van der Waals surface area contributed by atoms with Crippen molar-refractivity contribution in [2.75, 3.05) is 13.1 Å². The Morgan fingerprint density at radius 1 is 1.40 bits per heavy atom. The van der Waals surface area contributed by atoms with Crippen LogP contribution in [0.1, 0.15) is 44.7 Å². The van der Waals surface area contributed by atoms with E-state index in [1.807, 2.05) is 12.1 Å². The summed E-state index contributed by atoms with van der Waals surface area (Å²) in [6.45, 7) is 6.14. The molecule has 2 atom stereocenters. The fourth-order valence-electron chi connectivity index (χ4n) is 3.25. The van der Waals surface area contributed by atoms with Gasteiger partial charge in [0.05, 0.1) is 4.47 Å². The molecule has 0 bridgehead atoms. The molecule has 1 heterocycles. The van der Waals surface area contributed by atoms with Crippen molar-refractivity contribution in [1.82, 2.24) is 4.90 Å². The number of nitrogens with two attached hydrogens (primary N) is 1. The van der Waals surface area contributed by atoms with Crippen LogP contribution in [0.25, 0.3) is 0 Å². The van der Waals surface area contributed by atoms with Crippen molar-refractivity contribution in [3.05, 3.63) is 34.1 Å². The summed E-state index contributed by atoms with van der Waals surface area (Å²) in [5.41, 5.74) is 7.05. The minimum atomic E-state index is -0.189. The van der Waals surface area contributed by atoms with Gasteiger partial charge in [-0.2, -0.15) is 0 Å². The zero-order valence-corrected chi connectivity index (χ0v) is 13.9. The van der Waals surface area contributed by atoms with E-state index in [4.69, 9.17) is 5.73 Å². The van der Waals surface area contributed by atoms with Gasteiger partial charge in [0.25, 0.3) is 0 Å². The van der Waals surface area contributed by atoms with Crippen molar-refractivity contribution in [2.24, 2.45) is 11.7 Å². The Hall–Kier alpha value is -0.450. The molecule has 2 rings (SSSR count). The summed E-state index contributed by atoms with van der Waals surface area (Å²) in [6.07, 6.45) is 3.53. The lowest BCUT2D eigenvalue weighted by molar-refractivity contribution is 0.121. The summed E-state index contributed by atoms with van der Waals surface area (Å²) in [7, 11) is 0. The van der Waals surface area contributed by atoms with Gasteiger partial charge in [-0.15, -0.1) is 0 Å². The van der Waals surface area contributed by atoms with Gasteiger partial charge in [0.15, 0.2) is 0 Å². The maximum atomic E-state index is 13.9. The molecule has 1 aliphatic heterocycles. The van der Waals surface area contributed by atoms with E-state index < -0.39 is 0 Å². The van der Waals surface area contributed by atoms with Crippen molar-refractivity contribution in [3.63, 3.8) is 0 Å². The van der Waals surface area contributed by atoms with Crippen LogP contribution in [0, 0.1) is 11.7 Å². The lowest BCUT2D eigenvalue weighted by atomic mass is 9.88. The van der Waals surface area contributed by atoms with Gasteiger partial charge in [0, 0.05) is 12.1 Å². The largest absolute Gasteiger partial charge is 0.330 e. The van der Waals surface area contributed by atoms with E-state index >= 15 is 0 Å². The average Bonchev–Trinajstić information content (AvgIpc) is 2.64. The van der Waals surface area contributed by atoms with Crippen LogP contribution in [0.5, 0.6) is 0 Å². The molecule has 0 aliphatic carbocycles. The summed E-state index contributed by atoms with van der Waals surface area (Å²) in [6, 6.07) is 6.17. The zero-order valence-electron chi connectivity index (χ0n) is 12.3. The summed E-state index contributed by atoms with van der Waals surface area (Å²) in [5, 5.41) is 0. The number of benzene rings is 1. The second kappa shape index (κ2) is 7.01. The van der Waals surface area contributed by atoms with Crippen molar-refractivity contribution in [2.45, 2.75) is 45.2 Å². The molecule has 1 saturated heterocycles. The van der Waals surface area contributed by atoms with Crippen LogP contribution in [-0.4, -0.2) is 24.0 Å². The Morgan fingerprint density at radius 3 is 2.75 bits per heavy atom. The van der Waals surface area contributed by atoms with Gasteiger partial charge in [-0.3, -0.25) is 4.90 Å². The van der Waals surface area contributed by atoms with Gasteiger partial charge >= 0.3 is 0 Å². The normalized spacial score (nSPS) is 24.9. The lowest BCUT2D eigenvalue weighted by Gasteiger charge is -2.38. The molecule has 1 aliphatic rings. The SMILES string of the molecule is CC(C)N1CCCCC(CN)C1c1ccc(Br)c(F)c1.